The van der Waals surface area contributed by atoms with E-state index < -0.39 is 17.7 Å². The minimum atomic E-state index is -0.833. The fraction of sp³-hybridized carbons (Fsp3) is 0.250. The van der Waals surface area contributed by atoms with Crippen LogP contribution in [0.4, 0.5) is 14.5 Å². The predicted molar refractivity (Wildman–Crippen MR) is 46.8 cm³/mol. The number of anilines is 1. The maximum atomic E-state index is 13.1. The quantitative estimate of drug-likeness (QED) is 0.590. The molecule has 0 unspecified atom stereocenters. The molecule has 0 saturated carbocycles. The third-order valence-electron chi connectivity index (χ3n) is 1.73. The van der Waals surface area contributed by atoms with Crippen molar-refractivity contribution in [3.8, 4) is 0 Å². The van der Waals surface area contributed by atoms with Crippen LogP contribution in [-0.4, -0.2) is 6.54 Å². The molecular formula is C8H11F2N3. The molecule has 5 heteroatoms. The summed E-state index contributed by atoms with van der Waals surface area (Å²) < 4.78 is 26.2. The fourth-order valence-electron chi connectivity index (χ4n) is 1.08. The lowest BCUT2D eigenvalue weighted by Gasteiger charge is -2.11. The van der Waals surface area contributed by atoms with Gasteiger partial charge in [-0.25, -0.2) is 8.78 Å². The minimum Gasteiger partial charge on any atom is -0.399 e. The topological polar surface area (TPSA) is 78.1 Å². The van der Waals surface area contributed by atoms with Gasteiger partial charge in [0.05, 0.1) is 0 Å². The average Bonchev–Trinajstić information content (AvgIpc) is 2.02. The maximum Gasteiger partial charge on any atom is 0.133 e. The Morgan fingerprint density at radius 1 is 1.23 bits per heavy atom. The zero-order valence-electron chi connectivity index (χ0n) is 6.93. The maximum absolute atomic E-state index is 13.1. The molecule has 1 aromatic rings. The van der Waals surface area contributed by atoms with E-state index in [4.69, 9.17) is 17.2 Å². The highest BCUT2D eigenvalue weighted by Gasteiger charge is 2.15. The average molecular weight is 187 g/mol. The van der Waals surface area contributed by atoms with E-state index in [9.17, 15) is 8.78 Å². The number of benzene rings is 1. The first-order chi connectivity index (χ1) is 6.06. The first-order valence-corrected chi connectivity index (χ1v) is 3.76. The number of halogens is 2. The van der Waals surface area contributed by atoms with Gasteiger partial charge >= 0.3 is 0 Å². The van der Waals surface area contributed by atoms with Crippen LogP contribution in [0.15, 0.2) is 12.1 Å². The van der Waals surface area contributed by atoms with Gasteiger partial charge in [-0.05, 0) is 12.1 Å². The Balaban J connectivity index is 3.20. The first-order valence-electron chi connectivity index (χ1n) is 3.76. The molecule has 1 rings (SSSR count). The summed E-state index contributed by atoms with van der Waals surface area (Å²) in [6.07, 6.45) is 0. The molecule has 13 heavy (non-hydrogen) atoms. The second-order valence-corrected chi connectivity index (χ2v) is 2.74. The molecule has 0 aliphatic rings. The number of hydrogen-bond donors (Lipinski definition) is 3. The van der Waals surface area contributed by atoms with Gasteiger partial charge in [0.2, 0.25) is 0 Å². The summed E-state index contributed by atoms with van der Waals surface area (Å²) in [6, 6.07) is 1.21. The molecule has 0 fully saturated rings. The summed E-state index contributed by atoms with van der Waals surface area (Å²) in [4.78, 5) is 0. The van der Waals surface area contributed by atoms with Crippen LogP contribution in [0.25, 0.3) is 0 Å². The second-order valence-electron chi connectivity index (χ2n) is 2.74. The van der Waals surface area contributed by atoms with Gasteiger partial charge in [-0.3, -0.25) is 0 Å². The van der Waals surface area contributed by atoms with Gasteiger partial charge < -0.3 is 17.2 Å². The largest absolute Gasteiger partial charge is 0.399 e. The van der Waals surface area contributed by atoms with Crippen LogP contribution in [0.2, 0.25) is 0 Å². The highest BCUT2D eigenvalue weighted by atomic mass is 19.1. The molecule has 0 saturated heterocycles. The van der Waals surface area contributed by atoms with Crippen LogP contribution < -0.4 is 17.2 Å². The third-order valence-corrected chi connectivity index (χ3v) is 1.73. The van der Waals surface area contributed by atoms with Crippen molar-refractivity contribution in [2.75, 3.05) is 12.3 Å². The molecule has 0 amide bonds. The molecule has 0 bridgehead atoms. The molecule has 0 radical (unpaired) electrons. The van der Waals surface area contributed by atoms with Crippen molar-refractivity contribution in [2.45, 2.75) is 6.04 Å². The van der Waals surface area contributed by atoms with E-state index in [0.717, 1.165) is 12.1 Å². The Morgan fingerprint density at radius 3 is 2.08 bits per heavy atom. The van der Waals surface area contributed by atoms with E-state index in [0.29, 0.717) is 0 Å². The molecular weight excluding hydrogens is 176 g/mol. The van der Waals surface area contributed by atoms with Crippen molar-refractivity contribution in [1.29, 1.82) is 0 Å². The van der Waals surface area contributed by atoms with Crippen LogP contribution in [-0.2, 0) is 0 Å². The second kappa shape index (κ2) is 3.68. The highest BCUT2D eigenvalue weighted by Crippen LogP contribution is 2.21. The molecule has 3 nitrogen and oxygen atoms in total. The summed E-state index contributed by atoms with van der Waals surface area (Å²) in [5.41, 5.74) is 15.6. The van der Waals surface area contributed by atoms with Gasteiger partial charge in [-0.2, -0.15) is 0 Å². The predicted octanol–water partition coefficient (Wildman–Crippen LogP) is 0.506. The van der Waals surface area contributed by atoms with Crippen LogP contribution >= 0.6 is 0 Å². The number of nitrogen functional groups attached to an aromatic ring is 1. The molecule has 0 aromatic heterocycles. The lowest BCUT2D eigenvalue weighted by molar-refractivity contribution is 0.529. The molecule has 72 valence electrons. The molecule has 0 aliphatic heterocycles. The normalized spacial score (nSPS) is 12.9. The number of hydrogen-bond acceptors (Lipinski definition) is 3. The van der Waals surface area contributed by atoms with Gasteiger partial charge in [-0.1, -0.05) is 0 Å². The van der Waals surface area contributed by atoms with Gasteiger partial charge in [0, 0.05) is 23.8 Å². The van der Waals surface area contributed by atoms with Gasteiger partial charge in [0.1, 0.15) is 11.6 Å². The van der Waals surface area contributed by atoms with E-state index in [2.05, 4.69) is 0 Å². The van der Waals surface area contributed by atoms with E-state index in [1.165, 1.54) is 0 Å². The van der Waals surface area contributed by atoms with Gasteiger partial charge in [0.15, 0.2) is 0 Å². The van der Waals surface area contributed by atoms with Crippen molar-refractivity contribution in [2.24, 2.45) is 11.5 Å². The summed E-state index contributed by atoms with van der Waals surface area (Å²) in [7, 11) is 0. The van der Waals surface area contributed by atoms with Crippen LogP contribution in [0.3, 0.4) is 0 Å². The van der Waals surface area contributed by atoms with E-state index in [1.807, 2.05) is 0 Å². The van der Waals surface area contributed by atoms with Crippen LogP contribution in [0.1, 0.15) is 11.6 Å². The standard InChI is InChI=1S/C8H11F2N3/c9-5-1-4(12)2-6(10)8(5)7(13)3-11/h1-2,7H,3,11-13H2/t7-/m0/s1. The van der Waals surface area contributed by atoms with E-state index in [1.54, 1.807) is 0 Å². The first kappa shape index (κ1) is 9.88. The molecule has 0 spiro atoms. The Bertz CT molecular complexity index is 291. The van der Waals surface area contributed by atoms with Gasteiger partial charge in [-0.15, -0.1) is 0 Å². The van der Waals surface area contributed by atoms with Crippen molar-refractivity contribution in [3.05, 3.63) is 29.3 Å². The Morgan fingerprint density at radius 2 is 1.69 bits per heavy atom. The van der Waals surface area contributed by atoms with Crippen LogP contribution in [0, 0.1) is 11.6 Å². The van der Waals surface area contributed by atoms with Gasteiger partial charge in [0.25, 0.3) is 0 Å². The zero-order chi connectivity index (χ0) is 10.0. The Kier molecular flexibility index (Phi) is 2.79. The Hall–Kier alpha value is -1.20. The summed E-state index contributed by atoms with van der Waals surface area (Å²) >= 11 is 0. The number of nitrogens with two attached hydrogens (primary N) is 3. The summed E-state index contributed by atoms with van der Waals surface area (Å²) in [5.74, 6) is -1.51. The van der Waals surface area contributed by atoms with Crippen LogP contribution in [0.5, 0.6) is 0 Å². The molecule has 0 heterocycles. The lowest BCUT2D eigenvalue weighted by Crippen LogP contribution is -2.23. The van der Waals surface area contributed by atoms with Crippen molar-refractivity contribution in [3.63, 3.8) is 0 Å². The highest BCUT2D eigenvalue weighted by molar-refractivity contribution is 5.42. The fourth-order valence-corrected chi connectivity index (χ4v) is 1.08. The smallest absolute Gasteiger partial charge is 0.133 e. The summed E-state index contributed by atoms with van der Waals surface area (Å²) in [6.45, 7) is -0.0161. The summed E-state index contributed by atoms with van der Waals surface area (Å²) in [5, 5.41) is 0. The minimum absolute atomic E-state index is 0.0161. The monoisotopic (exact) mass is 187 g/mol. The number of rotatable bonds is 2. The van der Waals surface area contributed by atoms with Crippen molar-refractivity contribution >= 4 is 5.69 Å². The third kappa shape index (κ3) is 1.93. The molecule has 0 aliphatic carbocycles. The van der Waals surface area contributed by atoms with E-state index >= 15 is 0 Å². The van der Waals surface area contributed by atoms with E-state index in [-0.39, 0.29) is 17.8 Å². The molecule has 1 atom stereocenters. The molecule has 1 aromatic carbocycles. The lowest BCUT2D eigenvalue weighted by atomic mass is 10.1. The SMILES string of the molecule is NC[C@H](N)c1c(F)cc(N)cc1F. The van der Waals surface area contributed by atoms with Crippen molar-refractivity contribution in [1.82, 2.24) is 0 Å². The zero-order valence-corrected chi connectivity index (χ0v) is 6.93. The Labute approximate surface area is 74.5 Å². The van der Waals surface area contributed by atoms with Crippen molar-refractivity contribution < 1.29 is 8.78 Å². The molecule has 6 N–H and O–H groups in total.